The maximum absolute atomic E-state index is 11.8. The molecule has 0 aromatic heterocycles. The number of carbonyl (C=O) groups excluding carboxylic acids is 1. The molecule has 0 heterocycles. The Morgan fingerprint density at radius 2 is 1.62 bits per heavy atom. The van der Waals surface area contributed by atoms with Crippen LogP contribution in [0.1, 0.15) is 47.8 Å². The normalized spacial score (nSPS) is 11.1. The summed E-state index contributed by atoms with van der Waals surface area (Å²) in [6.07, 6.45) is 0.815. The molecule has 0 fully saturated rings. The zero-order valence-corrected chi connectivity index (χ0v) is 22.1. The van der Waals surface area contributed by atoms with E-state index < -0.39 is 0 Å². The Kier molecular flexibility index (Phi) is 13.6. The Labute approximate surface area is 210 Å². The summed E-state index contributed by atoms with van der Waals surface area (Å²) in [6, 6.07) is 16.4. The number of aliphatic imine (C=N–C) groups is 1. The number of amides is 1. The Hall–Kier alpha value is -2.13. The third kappa shape index (κ3) is 9.56. The van der Waals surface area contributed by atoms with Crippen molar-refractivity contribution in [2.24, 2.45) is 4.99 Å². The van der Waals surface area contributed by atoms with Gasteiger partial charge in [-0.2, -0.15) is 0 Å². The highest BCUT2D eigenvalue weighted by atomic mass is 127. The molecule has 0 aliphatic rings. The van der Waals surface area contributed by atoms with Crippen LogP contribution in [0.2, 0.25) is 0 Å². The topological polar surface area (TPSA) is 68.8 Å². The van der Waals surface area contributed by atoms with E-state index in [0.717, 1.165) is 50.7 Å². The minimum atomic E-state index is -0.0622. The van der Waals surface area contributed by atoms with Crippen LogP contribution in [0.15, 0.2) is 53.5 Å². The number of nitrogens with one attached hydrogen (secondary N) is 3. The number of guanidine groups is 1. The molecule has 3 N–H and O–H groups in total. The van der Waals surface area contributed by atoms with E-state index in [1.165, 1.54) is 11.1 Å². The molecular weight excluding hydrogens is 513 g/mol. The lowest BCUT2D eigenvalue weighted by Crippen LogP contribution is -2.38. The summed E-state index contributed by atoms with van der Waals surface area (Å²) < 4.78 is 0. The highest BCUT2D eigenvalue weighted by Gasteiger charge is 2.05. The number of hydrogen-bond acceptors (Lipinski definition) is 3. The molecule has 0 atom stereocenters. The molecule has 6 nitrogen and oxygen atoms in total. The lowest BCUT2D eigenvalue weighted by molar-refractivity contribution is 0.0963. The molecule has 0 aliphatic carbocycles. The van der Waals surface area contributed by atoms with Crippen LogP contribution >= 0.6 is 24.0 Å². The van der Waals surface area contributed by atoms with Crippen molar-refractivity contribution in [1.29, 1.82) is 0 Å². The fourth-order valence-electron chi connectivity index (χ4n) is 3.31. The molecule has 0 unspecified atom stereocenters. The second-order valence-electron chi connectivity index (χ2n) is 7.43. The van der Waals surface area contributed by atoms with Gasteiger partial charge in [-0.15, -0.1) is 24.0 Å². The van der Waals surface area contributed by atoms with Crippen LogP contribution in [-0.4, -0.2) is 50.0 Å². The first-order chi connectivity index (χ1) is 15.1. The predicted octanol–water partition coefficient (Wildman–Crippen LogP) is 3.80. The van der Waals surface area contributed by atoms with E-state index in [1.54, 1.807) is 7.05 Å². The summed E-state index contributed by atoms with van der Waals surface area (Å²) >= 11 is 0. The number of benzene rings is 2. The molecule has 1 amide bonds. The minimum Gasteiger partial charge on any atom is -0.357 e. The Bertz CT molecular complexity index is 834. The maximum atomic E-state index is 11.8. The summed E-state index contributed by atoms with van der Waals surface area (Å²) in [5.41, 5.74) is 4.33. The molecule has 32 heavy (non-hydrogen) atoms. The van der Waals surface area contributed by atoms with Crippen LogP contribution in [0.3, 0.4) is 0 Å². The highest BCUT2D eigenvalue weighted by molar-refractivity contribution is 14.0. The van der Waals surface area contributed by atoms with Gasteiger partial charge in [-0.25, -0.2) is 4.99 Å². The lowest BCUT2D eigenvalue weighted by atomic mass is 10.1. The fraction of sp³-hybridized carbons (Fsp3) is 0.440. The summed E-state index contributed by atoms with van der Waals surface area (Å²) in [7, 11) is 1.65. The average Bonchev–Trinajstić information content (AvgIpc) is 2.81. The number of nitrogens with zero attached hydrogens (tertiary/aromatic N) is 2. The molecule has 2 aromatic rings. The van der Waals surface area contributed by atoms with Crippen molar-refractivity contribution < 1.29 is 4.79 Å². The van der Waals surface area contributed by atoms with Gasteiger partial charge in [0, 0.05) is 32.2 Å². The molecule has 0 saturated heterocycles. The molecule has 7 heteroatoms. The van der Waals surface area contributed by atoms with E-state index in [0.29, 0.717) is 12.1 Å². The van der Waals surface area contributed by atoms with Crippen LogP contribution in [0, 0.1) is 0 Å². The second kappa shape index (κ2) is 15.6. The average molecular weight is 552 g/mol. The largest absolute Gasteiger partial charge is 0.357 e. The molecule has 0 radical (unpaired) electrons. The molecule has 0 spiro atoms. The number of hydrogen-bond donors (Lipinski definition) is 3. The third-order valence-electron chi connectivity index (χ3n) is 5.21. The van der Waals surface area contributed by atoms with Crippen LogP contribution < -0.4 is 16.0 Å². The summed E-state index contributed by atoms with van der Waals surface area (Å²) in [5.74, 6) is 0.741. The molecule has 0 aliphatic heterocycles. The van der Waals surface area contributed by atoms with Crippen LogP contribution in [0.5, 0.6) is 0 Å². The third-order valence-corrected chi connectivity index (χ3v) is 5.21. The van der Waals surface area contributed by atoms with Crippen LogP contribution in [0.4, 0.5) is 0 Å². The predicted molar refractivity (Wildman–Crippen MR) is 145 cm³/mol. The first kappa shape index (κ1) is 27.9. The zero-order chi connectivity index (χ0) is 22.5. The number of carbonyl (C=O) groups is 1. The minimum absolute atomic E-state index is 0. The van der Waals surface area contributed by atoms with Crippen molar-refractivity contribution in [1.82, 2.24) is 20.9 Å². The van der Waals surface area contributed by atoms with Gasteiger partial charge in [-0.3, -0.25) is 9.69 Å². The van der Waals surface area contributed by atoms with Crippen molar-refractivity contribution in [3.05, 3.63) is 70.8 Å². The lowest BCUT2D eigenvalue weighted by Gasteiger charge is -2.18. The molecular formula is C25H38IN5O. The molecule has 2 rings (SSSR count). The van der Waals surface area contributed by atoms with E-state index in [-0.39, 0.29) is 29.9 Å². The van der Waals surface area contributed by atoms with Gasteiger partial charge in [0.2, 0.25) is 0 Å². The maximum Gasteiger partial charge on any atom is 0.251 e. The number of rotatable bonds is 11. The monoisotopic (exact) mass is 551 g/mol. The highest BCUT2D eigenvalue weighted by Crippen LogP contribution is 2.09. The Morgan fingerprint density at radius 1 is 0.938 bits per heavy atom. The van der Waals surface area contributed by atoms with Gasteiger partial charge in [0.15, 0.2) is 5.96 Å². The SMILES string of the molecule is CCNC(=NCc1ccc(CN(CC)CC)cc1)NCCc1cccc(C(=O)NC)c1.I. The van der Waals surface area contributed by atoms with Gasteiger partial charge < -0.3 is 16.0 Å². The van der Waals surface area contributed by atoms with E-state index in [1.807, 2.05) is 24.3 Å². The van der Waals surface area contributed by atoms with Crippen molar-refractivity contribution in [2.45, 2.75) is 40.3 Å². The Morgan fingerprint density at radius 3 is 2.25 bits per heavy atom. The standard InChI is InChI=1S/C25H37N5O.HI/c1-5-27-25(28-16-15-20-9-8-10-23(17-20)24(31)26-4)29-18-21-11-13-22(14-12-21)19-30(6-2)7-3;/h8-14,17H,5-7,15-16,18-19H2,1-4H3,(H,26,31)(H2,27,28,29);1H. The first-order valence-corrected chi connectivity index (χ1v) is 11.2. The summed E-state index contributed by atoms with van der Waals surface area (Å²) in [4.78, 5) is 18.9. The van der Waals surface area contributed by atoms with E-state index >= 15 is 0 Å². The number of halogens is 1. The molecule has 2 aromatic carbocycles. The van der Waals surface area contributed by atoms with Crippen LogP contribution in [-0.2, 0) is 19.5 Å². The van der Waals surface area contributed by atoms with E-state index in [4.69, 9.17) is 4.99 Å². The van der Waals surface area contributed by atoms with Gasteiger partial charge in [0.25, 0.3) is 5.91 Å². The smallest absolute Gasteiger partial charge is 0.251 e. The van der Waals surface area contributed by atoms with Gasteiger partial charge in [0.05, 0.1) is 6.54 Å². The van der Waals surface area contributed by atoms with Crippen molar-refractivity contribution >= 4 is 35.8 Å². The zero-order valence-electron chi connectivity index (χ0n) is 19.8. The second-order valence-corrected chi connectivity index (χ2v) is 7.43. The van der Waals surface area contributed by atoms with Gasteiger partial charge >= 0.3 is 0 Å². The summed E-state index contributed by atoms with van der Waals surface area (Å²) in [5, 5.41) is 9.35. The van der Waals surface area contributed by atoms with Crippen molar-refractivity contribution in [2.75, 3.05) is 33.2 Å². The van der Waals surface area contributed by atoms with Gasteiger partial charge in [-0.05, 0) is 55.3 Å². The molecule has 0 saturated carbocycles. The van der Waals surface area contributed by atoms with E-state index in [9.17, 15) is 4.79 Å². The molecule has 0 bridgehead atoms. The molecule has 176 valence electrons. The van der Waals surface area contributed by atoms with Gasteiger partial charge in [0.1, 0.15) is 0 Å². The van der Waals surface area contributed by atoms with Crippen molar-refractivity contribution in [3.8, 4) is 0 Å². The quantitative estimate of drug-likeness (QED) is 0.226. The van der Waals surface area contributed by atoms with E-state index in [2.05, 4.69) is 65.9 Å². The Balaban J connectivity index is 0.00000512. The van der Waals surface area contributed by atoms with Crippen molar-refractivity contribution in [3.63, 3.8) is 0 Å². The van der Waals surface area contributed by atoms with Gasteiger partial charge in [-0.1, -0.05) is 50.2 Å². The van der Waals surface area contributed by atoms with Crippen LogP contribution in [0.25, 0.3) is 0 Å². The first-order valence-electron chi connectivity index (χ1n) is 11.2. The summed E-state index contributed by atoms with van der Waals surface area (Å²) in [6.45, 7) is 11.8. The fourth-order valence-corrected chi connectivity index (χ4v) is 3.31.